The molecule has 2 N–H and O–H groups in total. The lowest BCUT2D eigenvalue weighted by Crippen LogP contribution is -2.45. The third-order valence-corrected chi connectivity index (χ3v) is 4.39. The number of hydrogen-bond donors (Lipinski definition) is 2. The highest BCUT2D eigenvalue weighted by molar-refractivity contribution is 5.79. The lowest BCUT2D eigenvalue weighted by Gasteiger charge is -2.30. The van der Waals surface area contributed by atoms with Crippen molar-refractivity contribution in [3.63, 3.8) is 0 Å². The Bertz CT molecular complexity index is 561. The van der Waals surface area contributed by atoms with E-state index in [1.807, 2.05) is 20.0 Å². The Hall–Kier alpha value is -1.82. The summed E-state index contributed by atoms with van der Waals surface area (Å²) < 4.78 is 5.47. The van der Waals surface area contributed by atoms with Crippen molar-refractivity contribution in [1.29, 1.82) is 0 Å². The van der Waals surface area contributed by atoms with Crippen LogP contribution in [0.3, 0.4) is 0 Å². The number of nitrogens with zero attached hydrogens (tertiary/aromatic N) is 3. The Morgan fingerprint density at radius 2 is 1.84 bits per heavy atom. The van der Waals surface area contributed by atoms with E-state index in [1.165, 1.54) is 0 Å². The van der Waals surface area contributed by atoms with Gasteiger partial charge in [0.05, 0.1) is 19.3 Å². The van der Waals surface area contributed by atoms with Crippen LogP contribution in [0.15, 0.2) is 11.2 Å². The van der Waals surface area contributed by atoms with Crippen LogP contribution in [0, 0.1) is 13.8 Å². The highest BCUT2D eigenvalue weighted by Gasteiger charge is 2.13. The molecule has 0 bridgehead atoms. The lowest BCUT2D eigenvalue weighted by atomic mass is 10.1. The molecule has 0 radical (unpaired) electrons. The summed E-state index contributed by atoms with van der Waals surface area (Å²) in [5.41, 5.74) is 3.08. The summed E-state index contributed by atoms with van der Waals surface area (Å²) in [6.45, 7) is 15.4. The molecule has 0 aromatic carbocycles. The predicted octanol–water partition coefficient (Wildman–Crippen LogP) is 2.49. The van der Waals surface area contributed by atoms with E-state index in [4.69, 9.17) is 4.74 Å². The number of pyridine rings is 1. The zero-order valence-corrected chi connectivity index (χ0v) is 17.1. The molecule has 1 heterocycles. The molecule has 142 valence electrons. The van der Waals surface area contributed by atoms with Crippen LogP contribution in [-0.2, 0) is 6.54 Å². The number of rotatable bonds is 8. The van der Waals surface area contributed by atoms with E-state index in [1.54, 1.807) is 14.2 Å². The van der Waals surface area contributed by atoms with Gasteiger partial charge in [-0.1, -0.05) is 0 Å². The fourth-order valence-corrected chi connectivity index (χ4v) is 3.05. The zero-order valence-electron chi connectivity index (χ0n) is 17.1. The van der Waals surface area contributed by atoms with Gasteiger partial charge in [-0.2, -0.15) is 0 Å². The molecule has 0 unspecified atom stereocenters. The SMILES string of the molecule is CN=C(NCCN(C(C)C)C(C)C)NCc1ncc(C)c(OC)c1C. The Morgan fingerprint density at radius 3 is 2.36 bits per heavy atom. The summed E-state index contributed by atoms with van der Waals surface area (Å²) >= 11 is 0. The molecule has 0 atom stereocenters. The Balaban J connectivity index is 2.58. The minimum absolute atomic E-state index is 0.531. The van der Waals surface area contributed by atoms with Gasteiger partial charge in [0.2, 0.25) is 0 Å². The molecule has 6 heteroatoms. The lowest BCUT2D eigenvalue weighted by molar-refractivity contribution is 0.178. The van der Waals surface area contributed by atoms with Gasteiger partial charge in [0.1, 0.15) is 5.75 Å². The van der Waals surface area contributed by atoms with Gasteiger partial charge < -0.3 is 15.4 Å². The van der Waals surface area contributed by atoms with Crippen molar-refractivity contribution in [3.05, 3.63) is 23.0 Å². The number of nitrogens with one attached hydrogen (secondary N) is 2. The van der Waals surface area contributed by atoms with Crippen LogP contribution in [0.1, 0.15) is 44.5 Å². The largest absolute Gasteiger partial charge is 0.496 e. The first-order valence-electron chi connectivity index (χ1n) is 9.01. The van der Waals surface area contributed by atoms with Crippen LogP contribution < -0.4 is 15.4 Å². The van der Waals surface area contributed by atoms with Crippen molar-refractivity contribution in [2.45, 2.75) is 60.2 Å². The van der Waals surface area contributed by atoms with E-state index < -0.39 is 0 Å². The van der Waals surface area contributed by atoms with Gasteiger partial charge in [0, 0.05) is 49.5 Å². The molecule has 25 heavy (non-hydrogen) atoms. The van der Waals surface area contributed by atoms with Gasteiger partial charge in [-0.3, -0.25) is 14.9 Å². The van der Waals surface area contributed by atoms with Crippen molar-refractivity contribution in [3.8, 4) is 5.75 Å². The van der Waals surface area contributed by atoms with Gasteiger partial charge in [-0.25, -0.2) is 0 Å². The molecule has 0 fully saturated rings. The van der Waals surface area contributed by atoms with Gasteiger partial charge in [-0.15, -0.1) is 0 Å². The third-order valence-electron chi connectivity index (χ3n) is 4.39. The molecule has 6 nitrogen and oxygen atoms in total. The number of aromatic nitrogens is 1. The number of ether oxygens (including phenoxy) is 1. The van der Waals surface area contributed by atoms with Crippen molar-refractivity contribution in [1.82, 2.24) is 20.5 Å². The number of hydrogen-bond acceptors (Lipinski definition) is 4. The van der Waals surface area contributed by atoms with Crippen LogP contribution in [0.4, 0.5) is 0 Å². The first-order chi connectivity index (χ1) is 11.8. The minimum atomic E-state index is 0.531. The fraction of sp³-hybridized carbons (Fsp3) is 0.684. The zero-order chi connectivity index (χ0) is 19.0. The molecular weight excluding hydrogens is 314 g/mol. The number of guanidine groups is 1. The molecule has 1 aromatic rings. The topological polar surface area (TPSA) is 61.8 Å². The van der Waals surface area contributed by atoms with Crippen LogP contribution in [0.5, 0.6) is 5.75 Å². The second-order valence-corrected chi connectivity index (χ2v) is 6.82. The standard InChI is InChI=1S/C19H35N5O/c1-13(2)24(14(3)4)10-9-21-19(20-7)23-12-17-16(6)18(25-8)15(5)11-22-17/h11,13-14H,9-10,12H2,1-8H3,(H2,20,21,23). The van der Waals surface area contributed by atoms with Gasteiger partial charge in [0.15, 0.2) is 5.96 Å². The normalized spacial score (nSPS) is 12.2. The van der Waals surface area contributed by atoms with Crippen LogP contribution in [0.2, 0.25) is 0 Å². The average molecular weight is 350 g/mol. The van der Waals surface area contributed by atoms with E-state index in [9.17, 15) is 0 Å². The van der Waals surface area contributed by atoms with E-state index in [0.29, 0.717) is 18.6 Å². The maximum absolute atomic E-state index is 5.47. The second-order valence-electron chi connectivity index (χ2n) is 6.82. The first kappa shape index (κ1) is 21.2. The molecule has 0 aliphatic heterocycles. The van der Waals surface area contributed by atoms with Gasteiger partial charge >= 0.3 is 0 Å². The molecule has 0 aliphatic carbocycles. The van der Waals surface area contributed by atoms with Crippen molar-refractivity contribution < 1.29 is 4.74 Å². The molecule has 0 saturated carbocycles. The van der Waals surface area contributed by atoms with Gasteiger partial charge in [-0.05, 0) is 41.5 Å². The van der Waals surface area contributed by atoms with E-state index in [2.05, 4.69) is 53.2 Å². The summed E-state index contributed by atoms with van der Waals surface area (Å²) in [6.07, 6.45) is 1.85. The van der Waals surface area contributed by atoms with Gasteiger partial charge in [0.25, 0.3) is 0 Å². The maximum Gasteiger partial charge on any atom is 0.191 e. The average Bonchev–Trinajstić information content (AvgIpc) is 2.55. The van der Waals surface area contributed by atoms with Crippen molar-refractivity contribution >= 4 is 5.96 Å². The van der Waals surface area contributed by atoms with E-state index >= 15 is 0 Å². The summed E-state index contributed by atoms with van der Waals surface area (Å²) in [7, 11) is 3.48. The summed E-state index contributed by atoms with van der Waals surface area (Å²) in [6, 6.07) is 1.06. The summed E-state index contributed by atoms with van der Waals surface area (Å²) in [4.78, 5) is 11.3. The quantitative estimate of drug-likeness (QED) is 0.558. The predicted molar refractivity (Wildman–Crippen MR) is 105 cm³/mol. The molecule has 1 aromatic heterocycles. The third kappa shape index (κ3) is 6.20. The van der Waals surface area contributed by atoms with E-state index in [-0.39, 0.29) is 0 Å². The maximum atomic E-state index is 5.47. The summed E-state index contributed by atoms with van der Waals surface area (Å²) in [5.74, 6) is 1.69. The van der Waals surface area contributed by atoms with Crippen molar-refractivity contribution in [2.75, 3.05) is 27.2 Å². The smallest absolute Gasteiger partial charge is 0.191 e. The van der Waals surface area contributed by atoms with Crippen LogP contribution >= 0.6 is 0 Å². The van der Waals surface area contributed by atoms with Crippen LogP contribution in [0.25, 0.3) is 0 Å². The molecule has 0 amide bonds. The Labute approximate surface area is 153 Å². The molecule has 1 rings (SSSR count). The first-order valence-corrected chi connectivity index (χ1v) is 9.01. The Kier molecular flexibility index (Phi) is 8.69. The molecular formula is C19H35N5O. The summed E-state index contributed by atoms with van der Waals surface area (Å²) in [5, 5.41) is 6.71. The van der Waals surface area contributed by atoms with Crippen molar-refractivity contribution in [2.24, 2.45) is 4.99 Å². The molecule has 0 saturated heterocycles. The minimum Gasteiger partial charge on any atom is -0.496 e. The molecule has 0 spiro atoms. The monoisotopic (exact) mass is 349 g/mol. The number of aliphatic imine (C=N–C) groups is 1. The van der Waals surface area contributed by atoms with E-state index in [0.717, 1.165) is 41.6 Å². The molecule has 0 aliphatic rings. The van der Waals surface area contributed by atoms with Crippen LogP contribution in [-0.4, -0.2) is 55.2 Å². The number of methoxy groups -OCH3 is 1. The fourth-order valence-electron chi connectivity index (χ4n) is 3.05. The highest BCUT2D eigenvalue weighted by Crippen LogP contribution is 2.23. The Morgan fingerprint density at radius 1 is 1.20 bits per heavy atom. The second kappa shape index (κ2) is 10.2. The highest BCUT2D eigenvalue weighted by atomic mass is 16.5. The number of aryl methyl sites for hydroxylation is 1.